The molecule has 3 saturated heterocycles. The van der Waals surface area contributed by atoms with Gasteiger partial charge in [-0.1, -0.05) is 0 Å². The van der Waals surface area contributed by atoms with Crippen LogP contribution in [0.25, 0.3) is 10.9 Å². The summed E-state index contributed by atoms with van der Waals surface area (Å²) in [4.78, 5) is 24.0. The van der Waals surface area contributed by atoms with E-state index < -0.39 is 9.84 Å². The number of anilines is 3. The molecule has 0 radical (unpaired) electrons. The number of sulfone groups is 1. The third-order valence-corrected chi connectivity index (χ3v) is 8.52. The van der Waals surface area contributed by atoms with Gasteiger partial charge in [-0.15, -0.1) is 0 Å². The molecule has 0 spiro atoms. The van der Waals surface area contributed by atoms with Crippen LogP contribution in [-0.2, 0) is 19.4 Å². The van der Waals surface area contributed by atoms with Crippen molar-refractivity contribution in [3.63, 3.8) is 0 Å². The highest BCUT2D eigenvalue weighted by Gasteiger charge is 2.47. The Morgan fingerprint density at radius 1 is 1.11 bits per heavy atom. The molecule has 6 rings (SSSR count). The number of hydrogen-bond donors (Lipinski definition) is 3. The van der Waals surface area contributed by atoms with E-state index in [0.29, 0.717) is 47.0 Å². The van der Waals surface area contributed by atoms with Crippen molar-refractivity contribution in [1.29, 1.82) is 0 Å². The number of H-pyrrole nitrogens is 1. The first-order valence-electron chi connectivity index (χ1n) is 12.2. The molecule has 4 atom stereocenters. The topological polar surface area (TPSA) is 142 Å². The van der Waals surface area contributed by atoms with Crippen LogP contribution in [0.5, 0.6) is 0 Å². The standard InChI is InChI=1S/C24H29N7O4S/c1-13-7-22(30-29-13)27-21-11-19-18(10-17(12-25-19)36(2,33)34)23(28-21)26-14-8-15-3-4-16(9-14)31(15)20-5-6-35-24(20)32/h7,10-12,14-16,20H,3-6,8-9H2,1-2H3,(H3,26,27,28,29,30)/t14?,15-,16+,20-/m0/s1. The van der Waals surface area contributed by atoms with Gasteiger partial charge >= 0.3 is 5.97 Å². The van der Waals surface area contributed by atoms with E-state index >= 15 is 0 Å². The van der Waals surface area contributed by atoms with E-state index in [1.807, 2.05) is 13.0 Å². The predicted octanol–water partition coefficient (Wildman–Crippen LogP) is 2.53. The molecule has 0 aromatic carbocycles. The van der Waals surface area contributed by atoms with Crippen LogP contribution in [0.1, 0.15) is 37.8 Å². The number of rotatable bonds is 6. The molecule has 3 N–H and O–H groups in total. The Morgan fingerprint density at radius 2 is 1.89 bits per heavy atom. The quantitative estimate of drug-likeness (QED) is 0.423. The summed E-state index contributed by atoms with van der Waals surface area (Å²) in [6.07, 6.45) is 7.17. The summed E-state index contributed by atoms with van der Waals surface area (Å²) in [6, 6.07) is 5.91. The number of carbonyl (C=O) groups is 1. The maximum Gasteiger partial charge on any atom is 0.323 e. The Balaban J connectivity index is 1.32. The lowest BCUT2D eigenvalue weighted by atomic mass is 9.94. The molecule has 3 aromatic heterocycles. The molecular formula is C24H29N7O4S. The van der Waals surface area contributed by atoms with Gasteiger partial charge in [0.25, 0.3) is 0 Å². The number of esters is 1. The Bertz CT molecular complexity index is 1430. The summed E-state index contributed by atoms with van der Waals surface area (Å²) in [6.45, 7) is 2.42. The average Bonchev–Trinajstić information content (AvgIpc) is 3.49. The Hall–Kier alpha value is -3.25. The van der Waals surface area contributed by atoms with Crippen molar-refractivity contribution in [1.82, 2.24) is 25.1 Å². The molecule has 3 aliphatic rings. The second-order valence-corrected chi connectivity index (χ2v) is 12.1. The minimum absolute atomic E-state index is 0.0993. The molecule has 6 heterocycles. The first-order chi connectivity index (χ1) is 17.2. The van der Waals surface area contributed by atoms with Crippen LogP contribution in [0.15, 0.2) is 29.3 Å². The highest BCUT2D eigenvalue weighted by atomic mass is 32.2. The summed E-state index contributed by atoms with van der Waals surface area (Å²) in [5.41, 5.74) is 1.55. The molecule has 0 amide bonds. The van der Waals surface area contributed by atoms with Crippen LogP contribution in [0.2, 0.25) is 0 Å². The Kier molecular flexibility index (Phi) is 5.60. The van der Waals surface area contributed by atoms with Gasteiger partial charge in [-0.25, -0.2) is 13.4 Å². The smallest absolute Gasteiger partial charge is 0.323 e. The summed E-state index contributed by atoms with van der Waals surface area (Å²) in [5.74, 6) is 1.68. The zero-order valence-electron chi connectivity index (χ0n) is 20.2. The SMILES string of the molecule is Cc1cc(Nc2cc3ncc(S(C)(=O)=O)cc3c(NC3C[C@H]4CC[C@@H](C3)N4[C@H]3CCOC3=O)n2)n[nH]1. The minimum atomic E-state index is -3.43. The Morgan fingerprint density at radius 3 is 2.53 bits per heavy atom. The first-order valence-corrected chi connectivity index (χ1v) is 14.1. The summed E-state index contributed by atoms with van der Waals surface area (Å²) >= 11 is 0. The molecule has 2 bridgehead atoms. The lowest BCUT2D eigenvalue weighted by Crippen LogP contribution is -2.53. The van der Waals surface area contributed by atoms with Gasteiger partial charge in [0.1, 0.15) is 17.7 Å². The van der Waals surface area contributed by atoms with Gasteiger partial charge in [0.2, 0.25) is 0 Å². The van der Waals surface area contributed by atoms with Crippen LogP contribution in [0, 0.1) is 6.92 Å². The van der Waals surface area contributed by atoms with Crippen molar-refractivity contribution in [2.75, 3.05) is 23.5 Å². The van der Waals surface area contributed by atoms with Crippen molar-refractivity contribution in [2.45, 2.75) is 68.1 Å². The van der Waals surface area contributed by atoms with Gasteiger partial charge < -0.3 is 15.4 Å². The maximum atomic E-state index is 12.3. The molecule has 3 fully saturated rings. The van der Waals surface area contributed by atoms with Gasteiger partial charge in [0.15, 0.2) is 15.7 Å². The zero-order valence-corrected chi connectivity index (χ0v) is 21.0. The highest BCUT2D eigenvalue weighted by Crippen LogP contribution is 2.40. The molecule has 3 aliphatic heterocycles. The van der Waals surface area contributed by atoms with Crippen molar-refractivity contribution in [3.8, 4) is 0 Å². The number of cyclic esters (lactones) is 1. The van der Waals surface area contributed by atoms with Gasteiger partial charge in [0.05, 0.1) is 17.0 Å². The van der Waals surface area contributed by atoms with E-state index in [2.05, 4.69) is 30.7 Å². The number of aromatic amines is 1. The third-order valence-electron chi connectivity index (χ3n) is 7.44. The minimum Gasteiger partial charge on any atom is -0.464 e. The molecule has 12 heteroatoms. The predicted molar refractivity (Wildman–Crippen MR) is 134 cm³/mol. The highest BCUT2D eigenvalue weighted by molar-refractivity contribution is 7.90. The number of nitrogens with one attached hydrogen (secondary N) is 3. The summed E-state index contributed by atoms with van der Waals surface area (Å²) in [5, 5.41) is 14.6. The largest absolute Gasteiger partial charge is 0.464 e. The van der Waals surface area contributed by atoms with Gasteiger partial charge in [-0.05, 0) is 38.7 Å². The number of carbonyl (C=O) groups excluding carboxylic acids is 1. The number of nitrogens with zero attached hydrogens (tertiary/aromatic N) is 4. The number of hydrogen-bond acceptors (Lipinski definition) is 10. The molecule has 0 aliphatic carbocycles. The number of aromatic nitrogens is 4. The lowest BCUT2D eigenvalue weighted by molar-refractivity contribution is -0.143. The molecule has 36 heavy (non-hydrogen) atoms. The van der Waals surface area contributed by atoms with Crippen LogP contribution >= 0.6 is 0 Å². The molecule has 1 unspecified atom stereocenters. The van der Waals surface area contributed by atoms with E-state index in [9.17, 15) is 13.2 Å². The van der Waals surface area contributed by atoms with Crippen molar-refractivity contribution in [2.24, 2.45) is 0 Å². The molecule has 0 saturated carbocycles. The van der Waals surface area contributed by atoms with Gasteiger partial charge in [-0.2, -0.15) is 5.10 Å². The number of fused-ring (bicyclic) bond motifs is 3. The third kappa shape index (κ3) is 4.28. The number of piperidine rings is 1. The van der Waals surface area contributed by atoms with Crippen molar-refractivity contribution in [3.05, 3.63) is 30.1 Å². The number of pyridine rings is 2. The van der Waals surface area contributed by atoms with Gasteiger partial charge in [0, 0.05) is 60.2 Å². The van der Waals surface area contributed by atoms with Crippen LogP contribution < -0.4 is 10.6 Å². The van der Waals surface area contributed by atoms with Crippen molar-refractivity contribution >= 4 is 44.2 Å². The Labute approximate surface area is 208 Å². The average molecular weight is 512 g/mol. The number of ether oxygens (including phenoxy) is 1. The van der Waals surface area contributed by atoms with E-state index in [1.54, 1.807) is 12.1 Å². The molecule has 190 valence electrons. The van der Waals surface area contributed by atoms with Crippen LogP contribution in [0.4, 0.5) is 17.5 Å². The van der Waals surface area contributed by atoms with E-state index in [4.69, 9.17) is 9.72 Å². The van der Waals surface area contributed by atoms with E-state index in [1.165, 1.54) is 12.5 Å². The normalized spacial score (nSPS) is 26.3. The zero-order chi connectivity index (χ0) is 25.0. The second kappa shape index (κ2) is 8.70. The maximum absolute atomic E-state index is 12.3. The molecule has 11 nitrogen and oxygen atoms in total. The summed E-state index contributed by atoms with van der Waals surface area (Å²) < 4.78 is 29.7. The fourth-order valence-corrected chi connectivity index (χ4v) is 6.46. The summed E-state index contributed by atoms with van der Waals surface area (Å²) in [7, 11) is -3.43. The second-order valence-electron chi connectivity index (χ2n) is 10.0. The van der Waals surface area contributed by atoms with Gasteiger partial charge in [-0.3, -0.25) is 19.8 Å². The van der Waals surface area contributed by atoms with Crippen LogP contribution in [0.3, 0.4) is 0 Å². The lowest BCUT2D eigenvalue weighted by Gasteiger charge is -2.41. The molecule has 3 aromatic rings. The fraction of sp³-hybridized carbons (Fsp3) is 0.500. The van der Waals surface area contributed by atoms with Crippen molar-refractivity contribution < 1.29 is 17.9 Å². The monoisotopic (exact) mass is 511 g/mol. The first kappa shape index (κ1) is 23.2. The fourth-order valence-electron chi connectivity index (χ4n) is 5.88. The number of aryl methyl sites for hydroxylation is 1. The van der Waals surface area contributed by atoms with E-state index in [0.717, 1.165) is 37.8 Å². The molecular weight excluding hydrogens is 482 g/mol. The van der Waals surface area contributed by atoms with E-state index in [-0.39, 0.29) is 22.9 Å². The van der Waals surface area contributed by atoms with Crippen LogP contribution in [-0.4, -0.2) is 76.5 Å².